The molecule has 1 aromatic heterocycles. The zero-order chi connectivity index (χ0) is 19.9. The lowest BCUT2D eigenvalue weighted by atomic mass is 10.1. The van der Waals surface area contributed by atoms with Gasteiger partial charge in [-0.2, -0.15) is 0 Å². The standard InChI is InChI=1S/C20H18N4O4/c21-10-16-9-18(24-12-23-16)28-17-3-1-2-15(8-17)19(25)22-11-13-4-6-14(7-5-13)20(26)27/h1-9,12H,10-11,21H2,(H,22,25)(H,26,27). The molecule has 0 radical (unpaired) electrons. The fourth-order valence-corrected chi connectivity index (χ4v) is 2.42. The quantitative estimate of drug-likeness (QED) is 0.576. The number of carboxylic acids is 1. The summed E-state index contributed by atoms with van der Waals surface area (Å²) in [6, 6.07) is 14.6. The number of carboxylic acid groups (broad SMARTS) is 1. The summed E-state index contributed by atoms with van der Waals surface area (Å²) in [6.45, 7) is 0.546. The van der Waals surface area contributed by atoms with E-state index in [2.05, 4.69) is 15.3 Å². The Balaban J connectivity index is 1.64. The van der Waals surface area contributed by atoms with Crippen molar-refractivity contribution in [1.29, 1.82) is 0 Å². The fourth-order valence-electron chi connectivity index (χ4n) is 2.42. The molecular weight excluding hydrogens is 360 g/mol. The van der Waals surface area contributed by atoms with Crippen molar-refractivity contribution < 1.29 is 19.4 Å². The van der Waals surface area contributed by atoms with Crippen molar-refractivity contribution in [3.8, 4) is 11.6 Å². The molecule has 2 aromatic carbocycles. The van der Waals surface area contributed by atoms with Gasteiger partial charge in [0.05, 0.1) is 11.3 Å². The van der Waals surface area contributed by atoms with Gasteiger partial charge in [-0.15, -0.1) is 0 Å². The first-order valence-corrected chi connectivity index (χ1v) is 8.44. The van der Waals surface area contributed by atoms with E-state index in [-0.39, 0.29) is 24.6 Å². The predicted molar refractivity (Wildman–Crippen MR) is 101 cm³/mol. The highest BCUT2D eigenvalue weighted by molar-refractivity contribution is 5.94. The minimum atomic E-state index is -0.991. The maximum Gasteiger partial charge on any atom is 0.335 e. The summed E-state index contributed by atoms with van der Waals surface area (Å²) in [6.07, 6.45) is 1.36. The third kappa shape index (κ3) is 4.89. The topological polar surface area (TPSA) is 127 Å². The van der Waals surface area contributed by atoms with Gasteiger partial charge < -0.3 is 20.9 Å². The number of hydrogen-bond acceptors (Lipinski definition) is 6. The van der Waals surface area contributed by atoms with Gasteiger partial charge >= 0.3 is 5.97 Å². The normalized spacial score (nSPS) is 10.3. The van der Waals surface area contributed by atoms with Crippen LogP contribution in [0.15, 0.2) is 60.9 Å². The Morgan fingerprint density at radius 2 is 1.82 bits per heavy atom. The Morgan fingerprint density at radius 3 is 2.54 bits per heavy atom. The number of nitrogens with one attached hydrogen (secondary N) is 1. The first-order chi connectivity index (χ1) is 13.5. The first kappa shape index (κ1) is 19.0. The highest BCUT2D eigenvalue weighted by Crippen LogP contribution is 2.20. The molecule has 0 fully saturated rings. The second-order valence-electron chi connectivity index (χ2n) is 5.87. The van der Waals surface area contributed by atoms with E-state index in [0.717, 1.165) is 5.56 Å². The monoisotopic (exact) mass is 378 g/mol. The van der Waals surface area contributed by atoms with Gasteiger partial charge in [-0.25, -0.2) is 14.8 Å². The van der Waals surface area contributed by atoms with Crippen molar-refractivity contribution in [1.82, 2.24) is 15.3 Å². The molecule has 0 aliphatic carbocycles. The van der Waals surface area contributed by atoms with Crippen molar-refractivity contribution in [3.63, 3.8) is 0 Å². The predicted octanol–water partition coefficient (Wildman–Crippen LogP) is 2.36. The lowest BCUT2D eigenvalue weighted by Crippen LogP contribution is -2.22. The van der Waals surface area contributed by atoms with E-state index >= 15 is 0 Å². The number of carbonyl (C=O) groups is 2. The average Bonchev–Trinajstić information content (AvgIpc) is 2.72. The first-order valence-electron chi connectivity index (χ1n) is 8.44. The van der Waals surface area contributed by atoms with E-state index in [1.165, 1.54) is 18.5 Å². The van der Waals surface area contributed by atoms with Gasteiger partial charge in [0, 0.05) is 24.7 Å². The fraction of sp³-hybridized carbons (Fsp3) is 0.100. The number of ether oxygens (including phenoxy) is 1. The number of aromatic nitrogens is 2. The van der Waals surface area contributed by atoms with Crippen LogP contribution in [0.2, 0.25) is 0 Å². The van der Waals surface area contributed by atoms with Gasteiger partial charge in [0.1, 0.15) is 12.1 Å². The Kier molecular flexibility index (Phi) is 5.93. The largest absolute Gasteiger partial charge is 0.478 e. The molecule has 0 saturated heterocycles. The van der Waals surface area contributed by atoms with Crippen LogP contribution in [0.4, 0.5) is 0 Å². The van der Waals surface area contributed by atoms with Crippen molar-refractivity contribution in [2.24, 2.45) is 5.73 Å². The molecule has 0 spiro atoms. The number of nitrogens with two attached hydrogens (primary N) is 1. The molecule has 1 amide bonds. The highest BCUT2D eigenvalue weighted by atomic mass is 16.5. The van der Waals surface area contributed by atoms with E-state index in [4.69, 9.17) is 15.6 Å². The van der Waals surface area contributed by atoms with E-state index in [0.29, 0.717) is 22.9 Å². The molecule has 0 aliphatic heterocycles. The van der Waals surface area contributed by atoms with Gasteiger partial charge in [-0.1, -0.05) is 18.2 Å². The molecule has 28 heavy (non-hydrogen) atoms. The summed E-state index contributed by atoms with van der Waals surface area (Å²) in [5.41, 5.74) is 7.61. The van der Waals surface area contributed by atoms with Gasteiger partial charge in [-0.05, 0) is 35.9 Å². The number of rotatable bonds is 7. The molecule has 8 heteroatoms. The van der Waals surface area contributed by atoms with Crippen molar-refractivity contribution >= 4 is 11.9 Å². The molecule has 4 N–H and O–H groups in total. The van der Waals surface area contributed by atoms with E-state index in [1.54, 1.807) is 42.5 Å². The van der Waals surface area contributed by atoms with Crippen molar-refractivity contribution in [2.75, 3.05) is 0 Å². The van der Waals surface area contributed by atoms with E-state index in [1.807, 2.05) is 0 Å². The van der Waals surface area contributed by atoms with Crippen molar-refractivity contribution in [3.05, 3.63) is 83.3 Å². The lowest BCUT2D eigenvalue weighted by molar-refractivity contribution is 0.0696. The van der Waals surface area contributed by atoms with Crippen molar-refractivity contribution in [2.45, 2.75) is 13.1 Å². The van der Waals surface area contributed by atoms with Crippen LogP contribution in [-0.4, -0.2) is 27.0 Å². The van der Waals surface area contributed by atoms with Crippen LogP contribution >= 0.6 is 0 Å². The molecule has 8 nitrogen and oxygen atoms in total. The second-order valence-corrected chi connectivity index (χ2v) is 5.87. The lowest BCUT2D eigenvalue weighted by Gasteiger charge is -2.09. The minimum absolute atomic E-state index is 0.197. The summed E-state index contributed by atoms with van der Waals surface area (Å²) in [5, 5.41) is 11.7. The van der Waals surface area contributed by atoms with Crippen LogP contribution in [0, 0.1) is 0 Å². The van der Waals surface area contributed by atoms with E-state index in [9.17, 15) is 9.59 Å². The summed E-state index contributed by atoms with van der Waals surface area (Å²) in [7, 11) is 0. The van der Waals surface area contributed by atoms with Crippen LogP contribution in [0.25, 0.3) is 0 Å². The van der Waals surface area contributed by atoms with Crippen LogP contribution < -0.4 is 15.8 Å². The van der Waals surface area contributed by atoms with Gasteiger partial charge in [0.2, 0.25) is 5.88 Å². The second kappa shape index (κ2) is 8.74. The highest BCUT2D eigenvalue weighted by Gasteiger charge is 2.09. The third-order valence-electron chi connectivity index (χ3n) is 3.88. The molecule has 0 atom stereocenters. The molecule has 3 rings (SSSR count). The molecule has 1 heterocycles. The zero-order valence-electron chi connectivity index (χ0n) is 14.8. The number of hydrogen-bond donors (Lipinski definition) is 3. The number of amides is 1. The van der Waals surface area contributed by atoms with Crippen LogP contribution in [0.5, 0.6) is 11.6 Å². The molecule has 0 saturated carbocycles. The molecule has 142 valence electrons. The maximum atomic E-state index is 12.4. The molecule has 0 aliphatic rings. The number of carbonyl (C=O) groups excluding carboxylic acids is 1. The maximum absolute atomic E-state index is 12.4. The smallest absolute Gasteiger partial charge is 0.335 e. The Morgan fingerprint density at radius 1 is 1.04 bits per heavy atom. The SMILES string of the molecule is NCc1cc(Oc2cccc(C(=O)NCc3ccc(C(=O)O)cc3)c2)ncn1. The third-order valence-corrected chi connectivity index (χ3v) is 3.88. The summed E-state index contributed by atoms with van der Waals surface area (Å²) in [5.74, 6) is -0.473. The summed E-state index contributed by atoms with van der Waals surface area (Å²) in [4.78, 5) is 31.3. The van der Waals surface area contributed by atoms with Gasteiger partial charge in [0.15, 0.2) is 0 Å². The Labute approximate surface area is 161 Å². The minimum Gasteiger partial charge on any atom is -0.478 e. The molecule has 0 bridgehead atoms. The van der Waals surface area contributed by atoms with Crippen LogP contribution in [-0.2, 0) is 13.1 Å². The average molecular weight is 378 g/mol. The zero-order valence-corrected chi connectivity index (χ0v) is 14.8. The Hall–Kier alpha value is -3.78. The number of nitrogens with zero attached hydrogens (tertiary/aromatic N) is 2. The molecule has 3 aromatic rings. The summed E-state index contributed by atoms with van der Waals surface area (Å²) >= 11 is 0. The Bertz CT molecular complexity index is 990. The van der Waals surface area contributed by atoms with Crippen LogP contribution in [0.1, 0.15) is 32.0 Å². The molecule has 0 unspecified atom stereocenters. The summed E-state index contributed by atoms with van der Waals surface area (Å²) < 4.78 is 5.67. The number of aromatic carboxylic acids is 1. The number of benzene rings is 2. The van der Waals surface area contributed by atoms with Gasteiger partial charge in [-0.3, -0.25) is 4.79 Å². The van der Waals surface area contributed by atoms with Gasteiger partial charge in [0.25, 0.3) is 5.91 Å². The van der Waals surface area contributed by atoms with E-state index < -0.39 is 5.97 Å². The molecular formula is C20H18N4O4. The van der Waals surface area contributed by atoms with Crippen LogP contribution in [0.3, 0.4) is 0 Å².